The summed E-state index contributed by atoms with van der Waals surface area (Å²) in [6.07, 6.45) is -0.325. The van der Waals surface area contributed by atoms with Gasteiger partial charge in [0.05, 0.1) is 34.5 Å². The Labute approximate surface area is 287 Å². The van der Waals surface area contributed by atoms with Crippen LogP contribution < -0.4 is 11.1 Å². The van der Waals surface area contributed by atoms with E-state index in [-0.39, 0.29) is 45.9 Å². The van der Waals surface area contributed by atoms with E-state index in [1.54, 1.807) is 0 Å². The third-order valence-electron chi connectivity index (χ3n) is 8.25. The average Bonchev–Trinajstić information content (AvgIpc) is 3.05. The number of para-hydroxylation sites is 1. The van der Waals surface area contributed by atoms with Gasteiger partial charge in [0.1, 0.15) is 29.3 Å². The number of aromatic nitrogens is 2. The zero-order chi connectivity index (χ0) is 35.6. The highest BCUT2D eigenvalue weighted by Crippen LogP contribution is 2.35. The second-order valence-electron chi connectivity index (χ2n) is 11.6. The second-order valence-corrected chi connectivity index (χ2v) is 14.5. The number of rotatable bonds is 10. The van der Waals surface area contributed by atoms with E-state index in [0.29, 0.717) is 12.1 Å². The summed E-state index contributed by atoms with van der Waals surface area (Å²) >= 11 is 3.17. The molecule has 5 rings (SSSR count). The van der Waals surface area contributed by atoms with Gasteiger partial charge >= 0.3 is 0 Å². The Kier molecular flexibility index (Phi) is 10.7. The fourth-order valence-electron chi connectivity index (χ4n) is 5.63. The van der Waals surface area contributed by atoms with Crippen LogP contribution in [0.1, 0.15) is 52.8 Å². The molecule has 0 spiro atoms. The zero-order valence-corrected chi connectivity index (χ0v) is 28.2. The van der Waals surface area contributed by atoms with Gasteiger partial charge in [0, 0.05) is 35.6 Å². The molecule has 258 valence electrons. The number of aliphatic hydroxyl groups excluding tert-OH is 1. The number of hydrogen-bond donors (Lipinski definition) is 3. The lowest BCUT2D eigenvalue weighted by Gasteiger charge is -2.28. The van der Waals surface area contributed by atoms with Crippen LogP contribution >= 0.6 is 15.9 Å². The molecule has 3 aromatic carbocycles. The molecule has 1 amide bonds. The summed E-state index contributed by atoms with van der Waals surface area (Å²) in [6.45, 7) is -0.521. The fraction of sp³-hybridized carbons (Fsp3) is 0.281. The molecule has 1 aliphatic rings. The number of amides is 1. The molecule has 4 aromatic rings. The van der Waals surface area contributed by atoms with E-state index in [9.17, 15) is 37.2 Å². The predicted octanol–water partition coefficient (Wildman–Crippen LogP) is 5.43. The first-order valence-corrected chi connectivity index (χ1v) is 17.1. The molecule has 0 aliphatic heterocycles. The standard InChI is InChI=1S/C32H30BrF3N6O6S/c1-41(49(47,48)29-5-3-2-4-27(29)42(45)46)16-26(19-10-20(33)14-21(34)11-19)40-32(44)22-8-6-18(13-23(22)35)30-31(37)38-15-25(39-30)17-7-9-28(43)24(36)12-17/h2-6,8,10-11,13-15,17,24,26,28,43H,7,9,12,16H2,1H3,(H2,37,38)(H,40,44)/t17?,24?,26-,28?/m1/s1. The molecule has 0 saturated heterocycles. The Hall–Kier alpha value is -4.45. The number of aliphatic hydroxyl groups is 1. The van der Waals surface area contributed by atoms with E-state index >= 15 is 4.39 Å². The number of halogens is 4. The third kappa shape index (κ3) is 7.90. The topological polar surface area (TPSA) is 182 Å². The minimum absolute atomic E-state index is 0.0346. The van der Waals surface area contributed by atoms with E-state index in [1.165, 1.54) is 30.5 Å². The largest absolute Gasteiger partial charge is 0.390 e. The minimum atomic E-state index is -4.50. The maximum absolute atomic E-state index is 15.6. The lowest BCUT2D eigenvalue weighted by atomic mass is 9.84. The summed E-state index contributed by atoms with van der Waals surface area (Å²) in [7, 11) is -3.37. The summed E-state index contributed by atoms with van der Waals surface area (Å²) in [5.41, 5.74) is 5.75. The van der Waals surface area contributed by atoms with E-state index in [4.69, 9.17) is 5.73 Å². The molecule has 17 heteroatoms. The van der Waals surface area contributed by atoms with Crippen molar-refractivity contribution in [2.75, 3.05) is 19.3 Å². The molecule has 3 unspecified atom stereocenters. The Morgan fingerprint density at radius 1 is 1.18 bits per heavy atom. The van der Waals surface area contributed by atoms with Gasteiger partial charge in [0.15, 0.2) is 4.90 Å². The van der Waals surface area contributed by atoms with Gasteiger partial charge in [-0.2, -0.15) is 4.31 Å². The van der Waals surface area contributed by atoms with Crippen LogP contribution in [0.3, 0.4) is 0 Å². The number of likely N-dealkylation sites (N-methyl/N-ethyl adjacent to an activating group) is 1. The van der Waals surface area contributed by atoms with Crippen LogP contribution in [0.4, 0.5) is 24.7 Å². The van der Waals surface area contributed by atoms with Crippen molar-refractivity contribution in [2.24, 2.45) is 0 Å². The number of nitrogen functional groups attached to an aromatic ring is 1. The number of nitrogens with zero attached hydrogens (tertiary/aromatic N) is 4. The van der Waals surface area contributed by atoms with Gasteiger partial charge in [-0.25, -0.2) is 31.6 Å². The van der Waals surface area contributed by atoms with E-state index in [0.717, 1.165) is 47.8 Å². The maximum atomic E-state index is 15.6. The van der Waals surface area contributed by atoms with Gasteiger partial charge in [-0.1, -0.05) is 34.1 Å². The normalized spacial score (nSPS) is 18.6. The lowest BCUT2D eigenvalue weighted by Crippen LogP contribution is -2.39. The number of benzene rings is 3. The molecule has 49 heavy (non-hydrogen) atoms. The molecule has 1 aromatic heterocycles. The smallest absolute Gasteiger partial charge is 0.289 e. The van der Waals surface area contributed by atoms with Crippen LogP contribution in [0.5, 0.6) is 0 Å². The van der Waals surface area contributed by atoms with Crippen LogP contribution in [0.2, 0.25) is 0 Å². The lowest BCUT2D eigenvalue weighted by molar-refractivity contribution is -0.387. The fourth-order valence-corrected chi connectivity index (χ4v) is 7.45. The first-order valence-electron chi connectivity index (χ1n) is 14.9. The predicted molar refractivity (Wildman–Crippen MR) is 177 cm³/mol. The summed E-state index contributed by atoms with van der Waals surface area (Å²) in [4.78, 5) is 32.2. The molecule has 0 radical (unpaired) electrons. The summed E-state index contributed by atoms with van der Waals surface area (Å²) in [5, 5.41) is 23.8. The maximum Gasteiger partial charge on any atom is 0.289 e. The van der Waals surface area contributed by atoms with Gasteiger partial charge < -0.3 is 16.2 Å². The first kappa shape index (κ1) is 35.8. The molecule has 1 aliphatic carbocycles. The van der Waals surface area contributed by atoms with Gasteiger partial charge in [0.25, 0.3) is 11.6 Å². The molecule has 1 fully saturated rings. The number of nitro groups is 1. The Bertz CT molecular complexity index is 2000. The van der Waals surface area contributed by atoms with E-state index in [1.807, 2.05) is 0 Å². The monoisotopic (exact) mass is 762 g/mol. The van der Waals surface area contributed by atoms with E-state index < -0.39 is 73.5 Å². The second kappa shape index (κ2) is 14.6. The number of nitro benzene ring substituents is 1. The van der Waals surface area contributed by atoms with Crippen molar-refractivity contribution in [1.82, 2.24) is 19.6 Å². The quantitative estimate of drug-likeness (QED) is 0.140. The molecule has 4 N–H and O–H groups in total. The Morgan fingerprint density at radius 3 is 2.59 bits per heavy atom. The van der Waals surface area contributed by atoms with Crippen molar-refractivity contribution in [2.45, 2.75) is 48.4 Å². The minimum Gasteiger partial charge on any atom is -0.390 e. The van der Waals surface area contributed by atoms with Gasteiger partial charge in [-0.15, -0.1) is 0 Å². The van der Waals surface area contributed by atoms with Crippen molar-refractivity contribution in [1.29, 1.82) is 0 Å². The third-order valence-corrected chi connectivity index (χ3v) is 10.6. The van der Waals surface area contributed by atoms with Crippen molar-refractivity contribution in [3.05, 3.63) is 110 Å². The summed E-state index contributed by atoms with van der Waals surface area (Å²) < 4.78 is 72.1. The molecular formula is C32H30BrF3N6O6S. The first-order chi connectivity index (χ1) is 23.1. The number of nitrogens with one attached hydrogen (secondary N) is 1. The SMILES string of the molecule is CN(C[C@@H](NC(=O)c1ccc(-c2nc(C3CCC(O)C(F)C3)cnc2N)cc1F)c1cc(F)cc(Br)c1)S(=O)(=O)c1ccccc1[N+](=O)[O-]. The zero-order valence-electron chi connectivity index (χ0n) is 25.8. The van der Waals surface area contributed by atoms with Crippen LogP contribution in [-0.4, -0.2) is 64.5 Å². The Balaban J connectivity index is 1.43. The van der Waals surface area contributed by atoms with Crippen LogP contribution in [0.25, 0.3) is 11.3 Å². The van der Waals surface area contributed by atoms with Crippen LogP contribution in [0, 0.1) is 21.7 Å². The number of anilines is 1. The van der Waals surface area contributed by atoms with Gasteiger partial charge in [-0.3, -0.25) is 14.9 Å². The van der Waals surface area contributed by atoms with Crippen LogP contribution in [0.15, 0.2) is 76.2 Å². The molecule has 1 saturated carbocycles. The number of sulfonamides is 1. The average molecular weight is 764 g/mol. The highest BCUT2D eigenvalue weighted by atomic mass is 79.9. The molecule has 0 bridgehead atoms. The van der Waals surface area contributed by atoms with Crippen molar-refractivity contribution < 1.29 is 36.4 Å². The van der Waals surface area contributed by atoms with Gasteiger partial charge in [0.2, 0.25) is 10.0 Å². The van der Waals surface area contributed by atoms with Gasteiger partial charge in [-0.05, 0) is 61.2 Å². The molecule has 12 nitrogen and oxygen atoms in total. The summed E-state index contributed by atoms with van der Waals surface area (Å²) in [6, 6.07) is 10.7. The highest BCUT2D eigenvalue weighted by Gasteiger charge is 2.33. The van der Waals surface area contributed by atoms with Crippen molar-refractivity contribution in [3.8, 4) is 11.3 Å². The van der Waals surface area contributed by atoms with Crippen molar-refractivity contribution >= 4 is 43.4 Å². The number of carbonyl (C=O) groups is 1. The van der Waals surface area contributed by atoms with E-state index in [2.05, 4.69) is 31.2 Å². The molecular weight excluding hydrogens is 733 g/mol. The highest BCUT2D eigenvalue weighted by molar-refractivity contribution is 9.10. The van der Waals surface area contributed by atoms with Crippen LogP contribution in [-0.2, 0) is 10.0 Å². The number of nitrogens with two attached hydrogens (primary N) is 1. The summed E-state index contributed by atoms with van der Waals surface area (Å²) in [5.74, 6) is -3.06. The number of alkyl halides is 1. The molecule has 1 heterocycles. The number of hydrogen-bond acceptors (Lipinski definition) is 9. The van der Waals surface area contributed by atoms with Crippen molar-refractivity contribution in [3.63, 3.8) is 0 Å². The number of carbonyl (C=O) groups excluding carboxylic acids is 1. The molecule has 4 atom stereocenters. The Morgan fingerprint density at radius 2 is 1.92 bits per heavy atom.